The van der Waals surface area contributed by atoms with E-state index in [9.17, 15) is 0 Å². The molecule has 0 aromatic carbocycles. The third-order valence-corrected chi connectivity index (χ3v) is 2.68. The minimum absolute atomic E-state index is 1.16. The maximum atomic E-state index is 2.58. The highest BCUT2D eigenvalue weighted by Crippen LogP contribution is 2.09. The molecule has 0 aromatic rings. The second kappa shape index (κ2) is 5.55. The van der Waals surface area contributed by atoms with Gasteiger partial charge in [-0.15, -0.1) is 0 Å². The Labute approximate surface area is 76.5 Å². The molecule has 1 rings (SSSR count). The van der Waals surface area contributed by atoms with E-state index >= 15 is 0 Å². The molecule has 2 heteroatoms. The molecule has 12 heavy (non-hydrogen) atoms. The highest BCUT2D eigenvalue weighted by molar-refractivity contribution is 4.62. The largest absolute Gasteiger partial charge is 0.294 e. The van der Waals surface area contributed by atoms with Gasteiger partial charge in [0.25, 0.3) is 0 Å². The fourth-order valence-electron chi connectivity index (χ4n) is 1.72. The van der Waals surface area contributed by atoms with Crippen LogP contribution in [0.5, 0.6) is 0 Å². The molecular weight excluding hydrogens is 148 g/mol. The Hall–Kier alpha value is -0.0800. The quantitative estimate of drug-likeness (QED) is 0.637. The number of rotatable bonds is 3. The molecule has 1 fully saturated rings. The van der Waals surface area contributed by atoms with Crippen LogP contribution in [-0.2, 0) is 0 Å². The van der Waals surface area contributed by atoms with Crippen LogP contribution in [0.25, 0.3) is 0 Å². The fourth-order valence-corrected chi connectivity index (χ4v) is 1.72. The average Bonchev–Trinajstić information content (AvgIpc) is 2.33. The van der Waals surface area contributed by atoms with Crippen LogP contribution in [0.1, 0.15) is 32.6 Å². The second-order valence-electron chi connectivity index (χ2n) is 3.85. The van der Waals surface area contributed by atoms with Gasteiger partial charge in [0.1, 0.15) is 0 Å². The van der Waals surface area contributed by atoms with Gasteiger partial charge in [0, 0.05) is 0 Å². The topological polar surface area (TPSA) is 6.48 Å². The Balaban J connectivity index is 2.20. The van der Waals surface area contributed by atoms with Gasteiger partial charge < -0.3 is 0 Å². The van der Waals surface area contributed by atoms with E-state index in [1.165, 1.54) is 38.8 Å². The van der Waals surface area contributed by atoms with Crippen molar-refractivity contribution >= 4 is 0 Å². The van der Waals surface area contributed by atoms with Crippen LogP contribution in [0.15, 0.2) is 0 Å². The fraction of sp³-hybridized carbons (Fsp3) is 1.00. The van der Waals surface area contributed by atoms with E-state index in [1.54, 1.807) is 0 Å². The first-order valence-corrected chi connectivity index (χ1v) is 5.24. The Bertz CT molecular complexity index is 106. The van der Waals surface area contributed by atoms with Crippen LogP contribution in [0.2, 0.25) is 0 Å². The summed E-state index contributed by atoms with van der Waals surface area (Å²) in [6, 6.07) is 0. The molecule has 0 saturated carbocycles. The molecular formula is C10H22N2. The van der Waals surface area contributed by atoms with Gasteiger partial charge in [0.05, 0.1) is 6.67 Å². The summed E-state index contributed by atoms with van der Waals surface area (Å²) in [5.74, 6) is 0. The van der Waals surface area contributed by atoms with Crippen molar-refractivity contribution in [3.63, 3.8) is 0 Å². The molecule has 0 N–H and O–H groups in total. The molecule has 0 radical (unpaired) electrons. The van der Waals surface area contributed by atoms with Crippen LogP contribution >= 0.6 is 0 Å². The lowest BCUT2D eigenvalue weighted by molar-refractivity contribution is 0.164. The lowest BCUT2D eigenvalue weighted by atomic mass is 10.2. The molecule has 0 unspecified atom stereocenters. The molecule has 1 saturated heterocycles. The average molecular weight is 170 g/mol. The van der Waals surface area contributed by atoms with Crippen molar-refractivity contribution in [1.29, 1.82) is 0 Å². The number of hydrogen-bond donors (Lipinski definition) is 0. The summed E-state index contributed by atoms with van der Waals surface area (Å²) in [5.41, 5.74) is 0. The zero-order valence-electron chi connectivity index (χ0n) is 8.55. The first kappa shape index (κ1) is 10.0. The van der Waals surface area contributed by atoms with Gasteiger partial charge in [0.2, 0.25) is 0 Å². The van der Waals surface area contributed by atoms with Crippen LogP contribution < -0.4 is 0 Å². The van der Waals surface area contributed by atoms with Crippen LogP contribution in [0.3, 0.4) is 0 Å². The lowest BCUT2D eigenvalue weighted by Gasteiger charge is -2.25. The van der Waals surface area contributed by atoms with Crippen LogP contribution in [0, 0.1) is 0 Å². The maximum Gasteiger partial charge on any atom is 0.0503 e. The summed E-state index contributed by atoms with van der Waals surface area (Å²) >= 11 is 0. The summed E-state index contributed by atoms with van der Waals surface area (Å²) in [6.07, 6.45) is 5.67. The third kappa shape index (κ3) is 3.55. The molecule has 0 bridgehead atoms. The summed E-state index contributed by atoms with van der Waals surface area (Å²) in [7, 11) is 2.20. The van der Waals surface area contributed by atoms with E-state index in [1.807, 2.05) is 0 Å². The first-order chi connectivity index (χ1) is 5.83. The molecule has 72 valence electrons. The lowest BCUT2D eigenvalue weighted by Crippen LogP contribution is -2.36. The summed E-state index contributed by atoms with van der Waals surface area (Å²) in [4.78, 5) is 4.96. The predicted molar refractivity (Wildman–Crippen MR) is 53.2 cm³/mol. The van der Waals surface area contributed by atoms with E-state index in [-0.39, 0.29) is 0 Å². The maximum absolute atomic E-state index is 2.58. The van der Waals surface area contributed by atoms with Crippen molar-refractivity contribution in [3.8, 4) is 0 Å². The van der Waals surface area contributed by atoms with Crippen molar-refractivity contribution in [3.05, 3.63) is 0 Å². The zero-order chi connectivity index (χ0) is 8.81. The molecule has 0 spiro atoms. The Kier molecular flexibility index (Phi) is 4.62. The van der Waals surface area contributed by atoms with E-state index in [0.29, 0.717) is 0 Å². The van der Waals surface area contributed by atoms with Gasteiger partial charge in [-0.3, -0.25) is 9.80 Å². The van der Waals surface area contributed by atoms with E-state index in [0.717, 1.165) is 13.2 Å². The number of nitrogens with zero attached hydrogens (tertiary/aromatic N) is 2. The Morgan fingerprint density at radius 3 is 2.17 bits per heavy atom. The zero-order valence-corrected chi connectivity index (χ0v) is 8.55. The van der Waals surface area contributed by atoms with Crippen molar-refractivity contribution in [2.45, 2.75) is 32.6 Å². The Morgan fingerprint density at radius 1 is 1.08 bits per heavy atom. The van der Waals surface area contributed by atoms with Crippen molar-refractivity contribution in [1.82, 2.24) is 9.80 Å². The van der Waals surface area contributed by atoms with Crippen molar-refractivity contribution in [2.75, 3.05) is 33.4 Å². The minimum atomic E-state index is 1.16. The van der Waals surface area contributed by atoms with Crippen LogP contribution in [-0.4, -0.2) is 43.2 Å². The van der Waals surface area contributed by atoms with E-state index in [2.05, 4.69) is 23.8 Å². The SMILES string of the molecule is CCN(C)CN1CCCCCC1. The molecule has 0 aromatic heterocycles. The standard InChI is InChI=1S/C10H22N2/c1-3-11(2)10-12-8-6-4-5-7-9-12/h3-10H2,1-2H3. The molecule has 0 aliphatic carbocycles. The minimum Gasteiger partial charge on any atom is -0.294 e. The second-order valence-corrected chi connectivity index (χ2v) is 3.85. The molecule has 0 atom stereocenters. The molecule has 1 heterocycles. The van der Waals surface area contributed by atoms with Gasteiger partial charge >= 0.3 is 0 Å². The van der Waals surface area contributed by atoms with Gasteiger partial charge in [-0.05, 0) is 39.5 Å². The van der Waals surface area contributed by atoms with Gasteiger partial charge in [-0.1, -0.05) is 19.8 Å². The summed E-state index contributed by atoms with van der Waals surface area (Å²) < 4.78 is 0. The third-order valence-electron chi connectivity index (χ3n) is 2.68. The van der Waals surface area contributed by atoms with E-state index < -0.39 is 0 Å². The first-order valence-electron chi connectivity index (χ1n) is 5.24. The van der Waals surface area contributed by atoms with Crippen molar-refractivity contribution in [2.24, 2.45) is 0 Å². The molecule has 1 aliphatic heterocycles. The highest BCUT2D eigenvalue weighted by atomic mass is 15.3. The van der Waals surface area contributed by atoms with E-state index in [4.69, 9.17) is 0 Å². The number of likely N-dealkylation sites (tertiary alicyclic amines) is 1. The van der Waals surface area contributed by atoms with Gasteiger partial charge in [-0.25, -0.2) is 0 Å². The van der Waals surface area contributed by atoms with Gasteiger partial charge in [0.15, 0.2) is 0 Å². The van der Waals surface area contributed by atoms with Gasteiger partial charge in [-0.2, -0.15) is 0 Å². The normalized spacial score (nSPS) is 21.2. The monoisotopic (exact) mass is 170 g/mol. The highest BCUT2D eigenvalue weighted by Gasteiger charge is 2.09. The van der Waals surface area contributed by atoms with Crippen molar-refractivity contribution < 1.29 is 0 Å². The molecule has 0 amide bonds. The number of hydrogen-bond acceptors (Lipinski definition) is 2. The predicted octanol–water partition coefficient (Wildman–Crippen LogP) is 1.77. The molecule has 2 nitrogen and oxygen atoms in total. The van der Waals surface area contributed by atoms with Crippen LogP contribution in [0.4, 0.5) is 0 Å². The summed E-state index contributed by atoms with van der Waals surface area (Å²) in [5, 5.41) is 0. The smallest absolute Gasteiger partial charge is 0.0503 e. The molecule has 1 aliphatic rings. The summed E-state index contributed by atoms with van der Waals surface area (Å²) in [6.45, 7) is 7.17. The Morgan fingerprint density at radius 2 is 1.67 bits per heavy atom.